The average molecular weight is 334 g/mol. The van der Waals surface area contributed by atoms with E-state index >= 15 is 0 Å². The van der Waals surface area contributed by atoms with Crippen molar-refractivity contribution in [1.82, 2.24) is 4.90 Å². The lowest BCUT2D eigenvalue weighted by Crippen LogP contribution is -2.33. The van der Waals surface area contributed by atoms with Gasteiger partial charge >= 0.3 is 6.03 Å². The van der Waals surface area contributed by atoms with Crippen molar-refractivity contribution in [3.05, 3.63) is 24.3 Å². The smallest absolute Gasteiger partial charge is 0.321 e. The van der Waals surface area contributed by atoms with Crippen molar-refractivity contribution in [2.24, 2.45) is 5.92 Å². The van der Waals surface area contributed by atoms with Crippen LogP contribution in [0.25, 0.3) is 0 Å². The molecule has 1 saturated carbocycles. The van der Waals surface area contributed by atoms with E-state index in [1.807, 2.05) is 28.8 Å². The SMILES string of the molecule is COC[C@H]1CCN(C(=O)Nc2ccc(SC3CCCC3)cc2)C1. The lowest BCUT2D eigenvalue weighted by molar-refractivity contribution is 0.154. The quantitative estimate of drug-likeness (QED) is 0.876. The van der Waals surface area contributed by atoms with Crippen LogP contribution in [-0.4, -0.2) is 43.0 Å². The van der Waals surface area contributed by atoms with E-state index in [0.29, 0.717) is 5.92 Å². The molecule has 1 aliphatic carbocycles. The van der Waals surface area contributed by atoms with Crippen molar-refractivity contribution < 1.29 is 9.53 Å². The largest absolute Gasteiger partial charge is 0.384 e. The molecule has 0 radical (unpaired) electrons. The van der Waals surface area contributed by atoms with Gasteiger partial charge in [-0.2, -0.15) is 0 Å². The molecule has 1 aromatic rings. The summed E-state index contributed by atoms with van der Waals surface area (Å²) in [6.45, 7) is 2.33. The third-order valence-corrected chi connectivity index (χ3v) is 6.04. The molecule has 5 heteroatoms. The van der Waals surface area contributed by atoms with Gasteiger partial charge < -0.3 is 15.0 Å². The summed E-state index contributed by atoms with van der Waals surface area (Å²) < 4.78 is 5.18. The van der Waals surface area contributed by atoms with E-state index in [9.17, 15) is 4.79 Å². The number of carbonyl (C=O) groups is 1. The maximum absolute atomic E-state index is 12.3. The molecule has 2 aliphatic rings. The molecule has 23 heavy (non-hydrogen) atoms. The molecule has 0 aromatic heterocycles. The fourth-order valence-corrected chi connectivity index (χ4v) is 4.65. The number of hydrogen-bond donors (Lipinski definition) is 1. The molecule has 2 fully saturated rings. The van der Waals surface area contributed by atoms with E-state index in [4.69, 9.17) is 4.74 Å². The number of nitrogens with one attached hydrogen (secondary N) is 1. The van der Waals surface area contributed by atoms with Crippen LogP contribution in [0, 0.1) is 5.92 Å². The maximum Gasteiger partial charge on any atom is 0.321 e. The second-order valence-electron chi connectivity index (χ2n) is 6.53. The summed E-state index contributed by atoms with van der Waals surface area (Å²) in [5, 5.41) is 3.78. The van der Waals surface area contributed by atoms with Gasteiger partial charge in [0.2, 0.25) is 0 Å². The van der Waals surface area contributed by atoms with E-state index < -0.39 is 0 Å². The number of carbonyl (C=O) groups excluding carboxylic acids is 1. The van der Waals surface area contributed by atoms with Crippen molar-refractivity contribution in [3.63, 3.8) is 0 Å². The number of amides is 2. The van der Waals surface area contributed by atoms with Crippen molar-refractivity contribution in [3.8, 4) is 0 Å². The minimum atomic E-state index is -0.000186. The number of methoxy groups -OCH3 is 1. The van der Waals surface area contributed by atoms with Gasteiger partial charge in [0.25, 0.3) is 0 Å². The first-order valence-electron chi connectivity index (χ1n) is 8.56. The lowest BCUT2D eigenvalue weighted by atomic mass is 10.1. The molecular weight excluding hydrogens is 308 g/mol. The molecule has 1 saturated heterocycles. The summed E-state index contributed by atoms with van der Waals surface area (Å²) in [5.74, 6) is 0.468. The number of likely N-dealkylation sites (tertiary alicyclic amines) is 1. The first-order valence-corrected chi connectivity index (χ1v) is 9.44. The van der Waals surface area contributed by atoms with Crippen LogP contribution in [-0.2, 0) is 4.74 Å². The number of urea groups is 1. The van der Waals surface area contributed by atoms with Crippen molar-refractivity contribution >= 4 is 23.5 Å². The second-order valence-corrected chi connectivity index (χ2v) is 7.91. The van der Waals surface area contributed by atoms with Gasteiger partial charge in [0, 0.05) is 42.0 Å². The number of ether oxygens (including phenoxy) is 1. The zero-order chi connectivity index (χ0) is 16.1. The van der Waals surface area contributed by atoms with E-state index in [-0.39, 0.29) is 6.03 Å². The van der Waals surface area contributed by atoms with Crippen LogP contribution in [0.5, 0.6) is 0 Å². The van der Waals surface area contributed by atoms with E-state index in [0.717, 1.165) is 37.1 Å². The van der Waals surface area contributed by atoms with Gasteiger partial charge in [0.15, 0.2) is 0 Å². The topological polar surface area (TPSA) is 41.6 Å². The Kier molecular flexibility index (Phi) is 5.84. The van der Waals surface area contributed by atoms with Gasteiger partial charge in [0.05, 0.1) is 6.61 Å². The minimum Gasteiger partial charge on any atom is -0.384 e. The van der Waals surface area contributed by atoms with Gasteiger partial charge in [-0.1, -0.05) is 12.8 Å². The molecule has 0 bridgehead atoms. The molecule has 4 nitrogen and oxygen atoms in total. The highest BCUT2D eigenvalue weighted by molar-refractivity contribution is 8.00. The summed E-state index contributed by atoms with van der Waals surface area (Å²) in [6.07, 6.45) is 6.43. The summed E-state index contributed by atoms with van der Waals surface area (Å²) in [4.78, 5) is 15.5. The van der Waals surface area contributed by atoms with Crippen LogP contribution < -0.4 is 5.32 Å². The Hall–Kier alpha value is -1.20. The number of nitrogens with zero attached hydrogens (tertiary/aromatic N) is 1. The molecule has 0 unspecified atom stereocenters. The summed E-state index contributed by atoms with van der Waals surface area (Å²) in [7, 11) is 1.72. The third-order valence-electron chi connectivity index (χ3n) is 4.69. The zero-order valence-electron chi connectivity index (χ0n) is 13.8. The first kappa shape index (κ1) is 16.7. The Morgan fingerprint density at radius 1 is 1.26 bits per heavy atom. The Bertz CT molecular complexity index is 514. The third kappa shape index (κ3) is 4.64. The van der Waals surface area contributed by atoms with Gasteiger partial charge in [0.1, 0.15) is 0 Å². The molecule has 1 atom stereocenters. The van der Waals surface area contributed by atoms with Crippen LogP contribution in [0.15, 0.2) is 29.2 Å². The van der Waals surface area contributed by atoms with Crippen LogP contribution >= 0.6 is 11.8 Å². The number of hydrogen-bond acceptors (Lipinski definition) is 3. The molecule has 1 aliphatic heterocycles. The van der Waals surface area contributed by atoms with Crippen LogP contribution in [0.1, 0.15) is 32.1 Å². The number of benzene rings is 1. The average Bonchev–Trinajstić information content (AvgIpc) is 3.21. The van der Waals surface area contributed by atoms with Crippen molar-refractivity contribution in [2.45, 2.75) is 42.2 Å². The first-order chi connectivity index (χ1) is 11.2. The summed E-state index contributed by atoms with van der Waals surface area (Å²) in [6, 6.07) is 8.27. The number of rotatable bonds is 5. The Balaban J connectivity index is 1.48. The van der Waals surface area contributed by atoms with E-state index in [2.05, 4.69) is 17.4 Å². The van der Waals surface area contributed by atoms with Crippen LogP contribution in [0.3, 0.4) is 0 Å². The lowest BCUT2D eigenvalue weighted by Gasteiger charge is -2.17. The van der Waals surface area contributed by atoms with Crippen molar-refractivity contribution in [2.75, 3.05) is 32.1 Å². The monoisotopic (exact) mass is 334 g/mol. The molecule has 1 N–H and O–H groups in total. The number of anilines is 1. The van der Waals surface area contributed by atoms with Gasteiger partial charge in [-0.05, 0) is 43.5 Å². The van der Waals surface area contributed by atoms with Crippen molar-refractivity contribution in [1.29, 1.82) is 0 Å². The molecular formula is C18H26N2O2S. The minimum absolute atomic E-state index is 0.000186. The summed E-state index contributed by atoms with van der Waals surface area (Å²) >= 11 is 1.97. The molecule has 126 valence electrons. The predicted octanol–water partition coefficient (Wildman–Crippen LogP) is 4.22. The Labute approximate surface area is 143 Å². The van der Waals surface area contributed by atoms with Crippen LogP contribution in [0.2, 0.25) is 0 Å². The molecule has 1 aromatic carbocycles. The molecule has 0 spiro atoms. The fraction of sp³-hybridized carbons (Fsp3) is 0.611. The highest BCUT2D eigenvalue weighted by Gasteiger charge is 2.26. The van der Waals surface area contributed by atoms with E-state index in [1.54, 1.807) is 7.11 Å². The fourth-order valence-electron chi connectivity index (χ4n) is 3.41. The Morgan fingerprint density at radius 2 is 2.00 bits per heavy atom. The molecule has 2 amide bonds. The van der Waals surface area contributed by atoms with E-state index in [1.165, 1.54) is 30.6 Å². The highest BCUT2D eigenvalue weighted by atomic mass is 32.2. The second kappa shape index (κ2) is 8.06. The van der Waals surface area contributed by atoms with Crippen LogP contribution in [0.4, 0.5) is 10.5 Å². The zero-order valence-corrected chi connectivity index (χ0v) is 14.6. The Morgan fingerprint density at radius 3 is 2.70 bits per heavy atom. The van der Waals surface area contributed by atoms with Gasteiger partial charge in [-0.15, -0.1) is 11.8 Å². The van der Waals surface area contributed by atoms with Gasteiger partial charge in [-0.25, -0.2) is 4.79 Å². The normalized spacial score (nSPS) is 21.8. The molecule has 3 rings (SSSR count). The highest BCUT2D eigenvalue weighted by Crippen LogP contribution is 2.35. The number of thioether (sulfide) groups is 1. The molecule has 1 heterocycles. The predicted molar refractivity (Wildman–Crippen MR) is 95.1 cm³/mol. The standard InChI is InChI=1S/C18H26N2O2S/c1-22-13-14-10-11-20(12-14)18(21)19-15-6-8-17(9-7-15)23-16-4-2-3-5-16/h6-9,14,16H,2-5,10-13H2,1H3,(H,19,21)/t14-/m0/s1. The maximum atomic E-state index is 12.3. The van der Waals surface area contributed by atoms with Gasteiger partial charge in [-0.3, -0.25) is 0 Å². The summed E-state index contributed by atoms with van der Waals surface area (Å²) in [5.41, 5.74) is 0.876.